The molecule has 1 aliphatic heterocycles. The van der Waals surface area contributed by atoms with E-state index < -0.39 is 10.0 Å². The normalized spacial score (nSPS) is 17.2. The van der Waals surface area contributed by atoms with E-state index in [1.165, 1.54) is 4.31 Å². The molecular formula is C20H25ClN3O3S+. The minimum atomic E-state index is -3.46. The Bertz CT molecular complexity index is 896. The lowest BCUT2D eigenvalue weighted by atomic mass is 10.1. The topological polar surface area (TPSA) is 70.9 Å². The maximum atomic E-state index is 12.7. The summed E-state index contributed by atoms with van der Waals surface area (Å²) in [6.07, 6.45) is 0. The van der Waals surface area contributed by atoms with Gasteiger partial charge in [-0.25, -0.2) is 8.42 Å². The molecule has 0 aromatic heterocycles. The van der Waals surface area contributed by atoms with Crippen LogP contribution in [0.5, 0.6) is 0 Å². The fourth-order valence-corrected chi connectivity index (χ4v) is 4.90. The predicted molar refractivity (Wildman–Crippen MR) is 109 cm³/mol. The molecule has 3 rings (SSSR count). The Labute approximate surface area is 171 Å². The molecule has 2 N–H and O–H groups in total. The Balaban J connectivity index is 1.50. The van der Waals surface area contributed by atoms with Crippen molar-refractivity contribution in [2.45, 2.75) is 17.9 Å². The molecule has 1 fully saturated rings. The Morgan fingerprint density at radius 1 is 1.11 bits per heavy atom. The Hall–Kier alpha value is -1.93. The molecule has 6 nitrogen and oxygen atoms in total. The molecular weight excluding hydrogens is 398 g/mol. The van der Waals surface area contributed by atoms with Gasteiger partial charge in [-0.15, -0.1) is 0 Å². The fraction of sp³-hybridized carbons (Fsp3) is 0.350. The maximum Gasteiger partial charge on any atom is 0.275 e. The van der Waals surface area contributed by atoms with Gasteiger partial charge in [-0.05, 0) is 36.8 Å². The number of carbonyl (C=O) groups is 1. The van der Waals surface area contributed by atoms with Crippen LogP contribution in [-0.2, 0) is 14.8 Å². The van der Waals surface area contributed by atoms with E-state index >= 15 is 0 Å². The van der Waals surface area contributed by atoms with Crippen molar-refractivity contribution < 1.29 is 18.1 Å². The summed E-state index contributed by atoms with van der Waals surface area (Å²) in [5.41, 5.74) is 0.992. The van der Waals surface area contributed by atoms with Crippen LogP contribution in [0.25, 0.3) is 0 Å². The lowest BCUT2D eigenvalue weighted by molar-refractivity contribution is -0.895. The van der Waals surface area contributed by atoms with Crippen molar-refractivity contribution in [1.82, 2.24) is 9.62 Å². The molecule has 2 aromatic rings. The number of piperazine rings is 1. The largest absolute Gasteiger partial charge is 0.345 e. The van der Waals surface area contributed by atoms with E-state index in [2.05, 4.69) is 5.32 Å². The van der Waals surface area contributed by atoms with Gasteiger partial charge < -0.3 is 10.2 Å². The molecule has 1 aliphatic rings. The fourth-order valence-electron chi connectivity index (χ4n) is 3.32. The van der Waals surface area contributed by atoms with Crippen LogP contribution < -0.4 is 10.2 Å². The SMILES string of the molecule is C[C@@H](NC(=O)C[NH+]1CCN(S(=O)(=O)c2ccccc2)CC1)c1ccc(Cl)cc1. The first kappa shape index (κ1) is 20.8. The number of amides is 1. The summed E-state index contributed by atoms with van der Waals surface area (Å²) < 4.78 is 26.8. The van der Waals surface area contributed by atoms with Crippen molar-refractivity contribution in [2.75, 3.05) is 32.7 Å². The van der Waals surface area contributed by atoms with Gasteiger partial charge in [0.2, 0.25) is 10.0 Å². The van der Waals surface area contributed by atoms with Gasteiger partial charge in [0.1, 0.15) is 0 Å². The first-order chi connectivity index (χ1) is 13.4. The van der Waals surface area contributed by atoms with Crippen LogP contribution in [-0.4, -0.2) is 51.4 Å². The predicted octanol–water partition coefficient (Wildman–Crippen LogP) is 1.11. The molecule has 150 valence electrons. The first-order valence-electron chi connectivity index (χ1n) is 9.30. The third kappa shape index (κ3) is 5.11. The summed E-state index contributed by atoms with van der Waals surface area (Å²) in [6, 6.07) is 15.8. The second-order valence-corrected chi connectivity index (χ2v) is 9.36. The second kappa shape index (κ2) is 9.05. The number of halogens is 1. The molecule has 0 aliphatic carbocycles. The molecule has 1 atom stereocenters. The average Bonchev–Trinajstić information content (AvgIpc) is 2.69. The van der Waals surface area contributed by atoms with Crippen LogP contribution >= 0.6 is 11.6 Å². The number of rotatable bonds is 6. The number of quaternary nitrogens is 1. The quantitative estimate of drug-likeness (QED) is 0.732. The molecule has 1 heterocycles. The molecule has 8 heteroatoms. The Kier molecular flexibility index (Phi) is 6.72. The standard InChI is InChI=1S/C20H24ClN3O3S/c1-16(17-7-9-18(21)10-8-17)22-20(25)15-23-11-13-24(14-12-23)28(26,27)19-5-3-2-4-6-19/h2-10,16H,11-15H2,1H3,(H,22,25)/p+1/t16-/m1/s1. The number of hydrogen-bond acceptors (Lipinski definition) is 3. The smallest absolute Gasteiger partial charge is 0.275 e. The van der Waals surface area contributed by atoms with Gasteiger partial charge in [-0.3, -0.25) is 4.79 Å². The number of nitrogens with zero attached hydrogens (tertiary/aromatic N) is 1. The zero-order valence-corrected chi connectivity index (χ0v) is 17.3. The molecule has 2 aromatic carbocycles. The highest BCUT2D eigenvalue weighted by Gasteiger charge is 2.31. The molecule has 1 saturated heterocycles. The monoisotopic (exact) mass is 422 g/mol. The lowest BCUT2D eigenvalue weighted by Gasteiger charge is -2.31. The van der Waals surface area contributed by atoms with Crippen molar-refractivity contribution in [1.29, 1.82) is 0 Å². The Morgan fingerprint density at radius 2 is 1.71 bits per heavy atom. The van der Waals surface area contributed by atoms with Gasteiger partial charge in [0.25, 0.3) is 5.91 Å². The number of nitrogens with one attached hydrogen (secondary N) is 2. The van der Waals surface area contributed by atoms with E-state index in [1.54, 1.807) is 42.5 Å². The molecule has 0 spiro atoms. The summed E-state index contributed by atoms with van der Waals surface area (Å²) in [6.45, 7) is 4.29. The highest BCUT2D eigenvalue weighted by Crippen LogP contribution is 2.16. The van der Waals surface area contributed by atoms with Crippen LogP contribution in [0, 0.1) is 0 Å². The van der Waals surface area contributed by atoms with Crippen LogP contribution in [0.15, 0.2) is 59.5 Å². The van der Waals surface area contributed by atoms with E-state index in [4.69, 9.17) is 11.6 Å². The Morgan fingerprint density at radius 3 is 2.32 bits per heavy atom. The summed E-state index contributed by atoms with van der Waals surface area (Å²) >= 11 is 5.90. The average molecular weight is 423 g/mol. The van der Waals surface area contributed by atoms with Crippen molar-refractivity contribution in [3.63, 3.8) is 0 Å². The van der Waals surface area contributed by atoms with E-state index in [-0.39, 0.29) is 11.9 Å². The highest BCUT2D eigenvalue weighted by atomic mass is 35.5. The van der Waals surface area contributed by atoms with Gasteiger partial charge in [-0.1, -0.05) is 41.9 Å². The number of hydrogen-bond donors (Lipinski definition) is 2. The van der Waals surface area contributed by atoms with Gasteiger partial charge >= 0.3 is 0 Å². The van der Waals surface area contributed by atoms with Gasteiger partial charge in [0.05, 0.1) is 37.1 Å². The minimum Gasteiger partial charge on any atom is -0.345 e. The van der Waals surface area contributed by atoms with Crippen LogP contribution in [0.4, 0.5) is 0 Å². The molecule has 0 radical (unpaired) electrons. The third-order valence-corrected chi connectivity index (χ3v) is 7.13. The molecule has 0 unspecified atom stereocenters. The van der Waals surface area contributed by atoms with Crippen molar-refractivity contribution in [2.24, 2.45) is 0 Å². The molecule has 28 heavy (non-hydrogen) atoms. The van der Waals surface area contributed by atoms with Crippen molar-refractivity contribution in [3.05, 3.63) is 65.2 Å². The summed E-state index contributed by atoms with van der Waals surface area (Å²) in [5.74, 6) is -0.0446. The zero-order chi connectivity index (χ0) is 20.1. The van der Waals surface area contributed by atoms with Gasteiger partial charge in [0, 0.05) is 5.02 Å². The van der Waals surface area contributed by atoms with Crippen LogP contribution in [0.1, 0.15) is 18.5 Å². The summed E-state index contributed by atoms with van der Waals surface area (Å²) in [7, 11) is -3.46. The van der Waals surface area contributed by atoms with E-state index in [9.17, 15) is 13.2 Å². The first-order valence-corrected chi connectivity index (χ1v) is 11.1. The third-order valence-electron chi connectivity index (χ3n) is 4.97. The summed E-state index contributed by atoms with van der Waals surface area (Å²) in [4.78, 5) is 13.8. The second-order valence-electron chi connectivity index (χ2n) is 6.98. The van der Waals surface area contributed by atoms with Crippen LogP contribution in [0.2, 0.25) is 5.02 Å². The molecule has 1 amide bonds. The van der Waals surface area contributed by atoms with Crippen molar-refractivity contribution >= 4 is 27.5 Å². The maximum absolute atomic E-state index is 12.7. The van der Waals surface area contributed by atoms with E-state index in [0.29, 0.717) is 42.6 Å². The minimum absolute atomic E-state index is 0.0446. The highest BCUT2D eigenvalue weighted by molar-refractivity contribution is 7.89. The zero-order valence-electron chi connectivity index (χ0n) is 15.8. The van der Waals surface area contributed by atoms with Crippen LogP contribution in [0.3, 0.4) is 0 Å². The lowest BCUT2D eigenvalue weighted by Crippen LogP contribution is -3.15. The number of sulfonamides is 1. The van der Waals surface area contributed by atoms with E-state index in [1.807, 2.05) is 19.1 Å². The molecule has 0 bridgehead atoms. The van der Waals surface area contributed by atoms with Gasteiger partial charge in [-0.2, -0.15) is 4.31 Å². The van der Waals surface area contributed by atoms with E-state index in [0.717, 1.165) is 10.5 Å². The number of carbonyl (C=O) groups excluding carboxylic acids is 1. The summed E-state index contributed by atoms with van der Waals surface area (Å²) in [5, 5.41) is 3.66. The van der Waals surface area contributed by atoms with Crippen molar-refractivity contribution in [3.8, 4) is 0 Å². The molecule has 0 saturated carbocycles. The van der Waals surface area contributed by atoms with Gasteiger partial charge in [0.15, 0.2) is 6.54 Å². The number of benzene rings is 2.